The average Bonchev–Trinajstić information content (AvgIpc) is 2.28. The minimum absolute atomic E-state index is 0.509. The van der Waals surface area contributed by atoms with Crippen LogP contribution in [0.15, 0.2) is 18.3 Å². The first-order valence-corrected chi connectivity index (χ1v) is 5.53. The lowest BCUT2D eigenvalue weighted by Crippen LogP contribution is -2.51. The van der Waals surface area contributed by atoms with E-state index in [0.29, 0.717) is 5.41 Å². The molecule has 2 fully saturated rings. The summed E-state index contributed by atoms with van der Waals surface area (Å²) in [6, 6.07) is 6.89. The van der Waals surface area contributed by atoms with Crippen LogP contribution >= 0.6 is 0 Å². The Balaban J connectivity index is 1.67. The van der Waals surface area contributed by atoms with Gasteiger partial charge < -0.3 is 9.64 Å². The maximum atomic E-state index is 5.32. The van der Waals surface area contributed by atoms with Gasteiger partial charge in [0.1, 0.15) is 5.82 Å². The molecule has 0 aromatic carbocycles. The fourth-order valence-corrected chi connectivity index (χ4v) is 2.38. The van der Waals surface area contributed by atoms with E-state index >= 15 is 0 Å². The second-order valence-electron chi connectivity index (χ2n) is 4.59. The maximum absolute atomic E-state index is 5.32. The van der Waals surface area contributed by atoms with Crippen LogP contribution in [0.2, 0.25) is 0 Å². The van der Waals surface area contributed by atoms with Gasteiger partial charge >= 0.3 is 0 Å². The SMILES string of the molecule is [c]1ccnc(N2CCC3(CC2)COC3)c1. The number of piperidine rings is 1. The lowest BCUT2D eigenvalue weighted by molar-refractivity contribution is -0.124. The average molecular weight is 203 g/mol. The third-order valence-corrected chi connectivity index (χ3v) is 3.55. The largest absolute Gasteiger partial charge is 0.380 e. The zero-order valence-corrected chi connectivity index (χ0v) is 8.78. The van der Waals surface area contributed by atoms with Crippen molar-refractivity contribution >= 4 is 5.82 Å². The summed E-state index contributed by atoms with van der Waals surface area (Å²) in [7, 11) is 0. The molecule has 15 heavy (non-hydrogen) atoms. The van der Waals surface area contributed by atoms with E-state index in [0.717, 1.165) is 32.1 Å². The van der Waals surface area contributed by atoms with Gasteiger partial charge in [0.05, 0.1) is 13.2 Å². The van der Waals surface area contributed by atoms with Gasteiger partial charge in [-0.25, -0.2) is 4.98 Å². The Bertz CT molecular complexity index is 325. The Labute approximate surface area is 90.1 Å². The van der Waals surface area contributed by atoms with E-state index in [1.54, 1.807) is 0 Å². The standard InChI is InChI=1S/C12H15N2O/c1-2-6-13-11(3-1)14-7-4-12(5-8-14)9-15-10-12/h2-3,6H,4-5,7-10H2. The first-order valence-electron chi connectivity index (χ1n) is 5.53. The highest BCUT2D eigenvalue weighted by molar-refractivity contribution is 5.37. The number of hydrogen-bond donors (Lipinski definition) is 0. The van der Waals surface area contributed by atoms with E-state index < -0.39 is 0 Å². The third-order valence-electron chi connectivity index (χ3n) is 3.55. The number of nitrogens with zero attached hydrogens (tertiary/aromatic N) is 2. The van der Waals surface area contributed by atoms with Crippen LogP contribution in [-0.2, 0) is 4.74 Å². The number of ether oxygens (including phenoxy) is 1. The monoisotopic (exact) mass is 203 g/mol. The zero-order valence-electron chi connectivity index (χ0n) is 8.78. The van der Waals surface area contributed by atoms with Crippen LogP contribution in [0.4, 0.5) is 5.82 Å². The van der Waals surface area contributed by atoms with Crippen LogP contribution < -0.4 is 4.90 Å². The Kier molecular flexibility index (Phi) is 2.13. The molecule has 2 aliphatic heterocycles. The van der Waals surface area contributed by atoms with Crippen LogP contribution in [0.1, 0.15) is 12.8 Å². The molecule has 0 bridgehead atoms. The number of rotatable bonds is 1. The number of aromatic nitrogens is 1. The van der Waals surface area contributed by atoms with E-state index in [2.05, 4.69) is 16.0 Å². The maximum Gasteiger partial charge on any atom is 0.129 e. The van der Waals surface area contributed by atoms with Crippen LogP contribution in [0.5, 0.6) is 0 Å². The Morgan fingerprint density at radius 1 is 1.33 bits per heavy atom. The smallest absolute Gasteiger partial charge is 0.129 e. The van der Waals surface area contributed by atoms with Crippen molar-refractivity contribution in [1.82, 2.24) is 4.98 Å². The van der Waals surface area contributed by atoms with Gasteiger partial charge in [-0.05, 0) is 31.0 Å². The minimum Gasteiger partial charge on any atom is -0.380 e. The minimum atomic E-state index is 0.509. The zero-order chi connectivity index (χ0) is 10.1. The van der Waals surface area contributed by atoms with Crippen molar-refractivity contribution in [2.45, 2.75) is 12.8 Å². The second kappa shape index (κ2) is 3.49. The summed E-state index contributed by atoms with van der Waals surface area (Å²) in [4.78, 5) is 6.70. The van der Waals surface area contributed by atoms with Crippen molar-refractivity contribution in [2.75, 3.05) is 31.2 Å². The van der Waals surface area contributed by atoms with Crippen LogP contribution in [0.3, 0.4) is 0 Å². The number of pyridine rings is 1. The van der Waals surface area contributed by atoms with Crippen LogP contribution in [0.25, 0.3) is 0 Å². The molecule has 1 aromatic rings. The topological polar surface area (TPSA) is 25.4 Å². The summed E-state index contributed by atoms with van der Waals surface area (Å²) in [5, 5.41) is 0. The number of hydrogen-bond acceptors (Lipinski definition) is 3. The van der Waals surface area contributed by atoms with Gasteiger partial charge in [0, 0.05) is 24.7 Å². The molecule has 2 aliphatic rings. The fourth-order valence-electron chi connectivity index (χ4n) is 2.38. The molecule has 2 saturated heterocycles. The molecule has 0 unspecified atom stereocenters. The lowest BCUT2D eigenvalue weighted by atomic mass is 9.77. The molecular formula is C12H15N2O. The molecule has 3 rings (SSSR count). The van der Waals surface area contributed by atoms with Crippen LogP contribution in [0, 0.1) is 11.5 Å². The van der Waals surface area contributed by atoms with Crippen molar-refractivity contribution in [3.05, 3.63) is 24.4 Å². The summed E-state index contributed by atoms with van der Waals surface area (Å²) in [6.45, 7) is 4.15. The highest BCUT2D eigenvalue weighted by atomic mass is 16.5. The lowest BCUT2D eigenvalue weighted by Gasteiger charge is -2.47. The van der Waals surface area contributed by atoms with Crippen LogP contribution in [-0.4, -0.2) is 31.3 Å². The van der Waals surface area contributed by atoms with Gasteiger partial charge in [0.25, 0.3) is 0 Å². The van der Waals surface area contributed by atoms with E-state index in [1.807, 2.05) is 18.3 Å². The quantitative estimate of drug-likeness (QED) is 0.691. The van der Waals surface area contributed by atoms with Gasteiger partial charge in [-0.2, -0.15) is 0 Å². The molecule has 0 aliphatic carbocycles. The highest BCUT2D eigenvalue weighted by Crippen LogP contribution is 2.38. The van der Waals surface area contributed by atoms with E-state index in [9.17, 15) is 0 Å². The van der Waals surface area contributed by atoms with Crippen molar-refractivity contribution < 1.29 is 4.74 Å². The molecule has 3 heteroatoms. The second-order valence-corrected chi connectivity index (χ2v) is 4.59. The first kappa shape index (κ1) is 9.16. The summed E-state index contributed by atoms with van der Waals surface area (Å²) in [5.74, 6) is 1.06. The highest BCUT2D eigenvalue weighted by Gasteiger charge is 2.41. The molecule has 0 atom stereocenters. The Morgan fingerprint density at radius 3 is 2.67 bits per heavy atom. The molecule has 3 nitrogen and oxygen atoms in total. The number of anilines is 1. The van der Waals surface area contributed by atoms with E-state index in [-0.39, 0.29) is 0 Å². The summed E-state index contributed by atoms with van der Waals surface area (Å²) in [5.41, 5.74) is 0.509. The predicted octanol–water partition coefficient (Wildman–Crippen LogP) is 1.50. The van der Waals surface area contributed by atoms with Crippen molar-refractivity contribution in [2.24, 2.45) is 5.41 Å². The first-order chi connectivity index (χ1) is 7.38. The van der Waals surface area contributed by atoms with E-state index in [1.165, 1.54) is 12.8 Å². The van der Waals surface area contributed by atoms with Crippen molar-refractivity contribution in [3.8, 4) is 0 Å². The van der Waals surface area contributed by atoms with E-state index in [4.69, 9.17) is 4.74 Å². The Morgan fingerprint density at radius 2 is 2.13 bits per heavy atom. The van der Waals surface area contributed by atoms with Gasteiger partial charge in [-0.15, -0.1) is 0 Å². The molecule has 1 spiro atoms. The summed E-state index contributed by atoms with van der Waals surface area (Å²) in [6.07, 6.45) is 4.29. The predicted molar refractivity (Wildman–Crippen MR) is 57.8 cm³/mol. The molecular weight excluding hydrogens is 188 g/mol. The molecule has 1 aromatic heterocycles. The van der Waals surface area contributed by atoms with Crippen molar-refractivity contribution in [1.29, 1.82) is 0 Å². The van der Waals surface area contributed by atoms with Gasteiger partial charge in [0.15, 0.2) is 0 Å². The molecule has 0 saturated carbocycles. The summed E-state index contributed by atoms with van der Waals surface area (Å²) < 4.78 is 5.32. The molecule has 79 valence electrons. The van der Waals surface area contributed by atoms with Gasteiger partial charge in [-0.1, -0.05) is 0 Å². The molecule has 0 amide bonds. The van der Waals surface area contributed by atoms with Crippen molar-refractivity contribution in [3.63, 3.8) is 0 Å². The Hall–Kier alpha value is -1.09. The fraction of sp³-hybridized carbons (Fsp3) is 0.583. The van der Waals surface area contributed by atoms with Gasteiger partial charge in [0.2, 0.25) is 0 Å². The summed E-state index contributed by atoms with van der Waals surface area (Å²) >= 11 is 0. The third kappa shape index (κ3) is 1.61. The molecule has 1 radical (unpaired) electrons. The normalized spacial score (nSPS) is 23.9. The van der Waals surface area contributed by atoms with Gasteiger partial charge in [-0.3, -0.25) is 0 Å². The molecule has 3 heterocycles. The molecule has 0 N–H and O–H groups in total.